The first-order chi connectivity index (χ1) is 9.60. The van der Waals surface area contributed by atoms with Crippen molar-refractivity contribution in [2.45, 2.75) is 0 Å². The van der Waals surface area contributed by atoms with E-state index in [4.69, 9.17) is 4.74 Å². The van der Waals surface area contributed by atoms with Crippen LogP contribution < -0.4 is 4.74 Å². The van der Waals surface area contributed by atoms with Gasteiger partial charge in [0.25, 0.3) is 0 Å². The van der Waals surface area contributed by atoms with Gasteiger partial charge < -0.3 is 4.74 Å². The van der Waals surface area contributed by atoms with Gasteiger partial charge in [0, 0.05) is 0 Å². The van der Waals surface area contributed by atoms with E-state index < -0.39 is 0 Å². The molecule has 0 aromatic heterocycles. The predicted octanol–water partition coefficient (Wildman–Crippen LogP) is 3.61. The highest BCUT2D eigenvalue weighted by Gasteiger charge is 2.16. The Kier molecular flexibility index (Phi) is 5.03. The summed E-state index contributed by atoms with van der Waals surface area (Å²) in [6.45, 7) is 0. The first kappa shape index (κ1) is 14.9. The van der Waals surface area contributed by atoms with Crippen LogP contribution in [0.5, 0.6) is 5.75 Å². The second kappa shape index (κ2) is 6.76. The number of benzene rings is 1. The van der Waals surface area contributed by atoms with E-state index in [2.05, 4.69) is 42.1 Å². The Hall–Kier alpha value is -1.53. The van der Waals surface area contributed by atoms with Gasteiger partial charge in [0.2, 0.25) is 5.78 Å². The average Bonchev–Trinajstić information content (AvgIpc) is 2.45. The molecule has 0 unspecified atom stereocenters. The summed E-state index contributed by atoms with van der Waals surface area (Å²) in [5.74, 6) is 0.682. The minimum absolute atomic E-state index is 0.108. The quantitative estimate of drug-likeness (QED) is 0.444. The average molecular weight is 398 g/mol. The summed E-state index contributed by atoms with van der Waals surface area (Å²) in [5.41, 5.74) is 1.50. The summed E-state index contributed by atoms with van der Waals surface area (Å²) in [5, 5.41) is 8.04. The van der Waals surface area contributed by atoms with Crippen LogP contribution in [0.1, 0.15) is 5.56 Å². The van der Waals surface area contributed by atoms with Gasteiger partial charge in [-0.3, -0.25) is 4.79 Å². The van der Waals surface area contributed by atoms with Gasteiger partial charge in [-0.25, -0.2) is 0 Å². The Morgan fingerprint density at radius 2 is 1.70 bits per heavy atom. The van der Waals surface area contributed by atoms with Crippen molar-refractivity contribution in [1.29, 1.82) is 0 Å². The molecule has 2 rings (SSSR count). The molecule has 0 heterocycles. The van der Waals surface area contributed by atoms with Crippen molar-refractivity contribution in [2.75, 3.05) is 7.11 Å². The second-order valence-corrected chi connectivity index (χ2v) is 5.56. The van der Waals surface area contributed by atoms with Crippen LogP contribution in [-0.4, -0.2) is 24.8 Å². The smallest absolute Gasteiger partial charge is 0.207 e. The Bertz CT molecular complexity index is 620. The number of allylic oxidation sites excluding steroid dienone is 4. The molecule has 0 N–H and O–H groups in total. The zero-order valence-electron chi connectivity index (χ0n) is 10.5. The molecule has 1 aliphatic carbocycles. The predicted molar refractivity (Wildman–Crippen MR) is 87.1 cm³/mol. The van der Waals surface area contributed by atoms with E-state index >= 15 is 0 Å². The topological polar surface area (TPSA) is 51.0 Å². The van der Waals surface area contributed by atoms with Crippen LogP contribution in [0.3, 0.4) is 0 Å². The molecule has 0 radical (unpaired) electrons. The van der Waals surface area contributed by atoms with Crippen LogP contribution in [0.15, 0.2) is 55.6 Å². The zero-order valence-corrected chi connectivity index (χ0v) is 13.7. The highest BCUT2D eigenvalue weighted by Crippen LogP contribution is 2.22. The molecule has 20 heavy (non-hydrogen) atoms. The molecule has 0 aliphatic heterocycles. The highest BCUT2D eigenvalue weighted by atomic mass is 79.9. The summed E-state index contributed by atoms with van der Waals surface area (Å²) >= 11 is 6.36. The lowest BCUT2D eigenvalue weighted by atomic mass is 10.2. The number of hydrogen-bond donors (Lipinski definition) is 0. The Balaban J connectivity index is 2.12. The fraction of sp³-hybridized carbons (Fsp3) is 0.0714. The third-order valence-electron chi connectivity index (χ3n) is 2.48. The summed E-state index contributed by atoms with van der Waals surface area (Å²) in [7, 11) is 1.62. The number of hydrogen-bond acceptors (Lipinski definition) is 4. The molecule has 1 aliphatic rings. The van der Waals surface area contributed by atoms with E-state index in [9.17, 15) is 4.79 Å². The Labute approximate surface area is 133 Å². The van der Waals surface area contributed by atoms with E-state index in [-0.39, 0.29) is 5.78 Å². The third-order valence-corrected chi connectivity index (χ3v) is 3.66. The van der Waals surface area contributed by atoms with E-state index in [0.717, 1.165) is 11.3 Å². The largest absolute Gasteiger partial charge is 0.497 e. The van der Waals surface area contributed by atoms with Crippen LogP contribution in [0.4, 0.5) is 0 Å². The maximum Gasteiger partial charge on any atom is 0.207 e. The number of nitrogens with zero attached hydrogens (tertiary/aromatic N) is 2. The van der Waals surface area contributed by atoms with Crippen molar-refractivity contribution in [3.05, 3.63) is 50.9 Å². The van der Waals surface area contributed by atoms with Crippen LogP contribution in [-0.2, 0) is 4.79 Å². The van der Waals surface area contributed by atoms with E-state index in [1.165, 1.54) is 0 Å². The molecule has 0 atom stereocenters. The number of halogens is 2. The fourth-order valence-corrected chi connectivity index (χ4v) is 2.62. The molecule has 0 saturated carbocycles. The van der Waals surface area contributed by atoms with Gasteiger partial charge >= 0.3 is 0 Å². The van der Waals surface area contributed by atoms with E-state index in [0.29, 0.717) is 14.7 Å². The Morgan fingerprint density at radius 3 is 2.25 bits per heavy atom. The third kappa shape index (κ3) is 3.74. The van der Waals surface area contributed by atoms with Crippen molar-refractivity contribution < 1.29 is 9.53 Å². The number of carbonyl (C=O) groups excluding carboxylic acids is 1. The molecule has 0 spiro atoms. The van der Waals surface area contributed by atoms with E-state index in [1.807, 2.05) is 24.3 Å². The molecule has 102 valence electrons. The molecule has 0 saturated heterocycles. The van der Waals surface area contributed by atoms with Crippen LogP contribution in [0, 0.1) is 0 Å². The molecule has 0 amide bonds. The van der Waals surface area contributed by atoms with Crippen LogP contribution >= 0.6 is 31.9 Å². The SMILES string of the molecule is COc1ccc(/C=N/N=C2C=C(Br)C(=O)C(Br)=C2)cc1. The molecule has 0 bridgehead atoms. The van der Waals surface area contributed by atoms with Gasteiger partial charge in [0.15, 0.2) is 0 Å². The van der Waals surface area contributed by atoms with Gasteiger partial charge in [0.1, 0.15) is 5.75 Å². The summed E-state index contributed by atoms with van der Waals surface area (Å²) in [6, 6.07) is 7.45. The van der Waals surface area contributed by atoms with Gasteiger partial charge in [-0.2, -0.15) is 10.2 Å². The number of ether oxygens (including phenoxy) is 1. The Morgan fingerprint density at radius 1 is 1.10 bits per heavy atom. The van der Waals surface area contributed by atoms with Crippen LogP contribution in [0.25, 0.3) is 0 Å². The lowest BCUT2D eigenvalue weighted by Crippen LogP contribution is -2.06. The normalized spacial score (nSPS) is 15.2. The molecule has 6 heteroatoms. The molecule has 4 nitrogen and oxygen atoms in total. The molecule has 1 aromatic rings. The number of rotatable bonds is 3. The second-order valence-electron chi connectivity index (χ2n) is 3.86. The maximum absolute atomic E-state index is 11.5. The summed E-state index contributed by atoms with van der Waals surface area (Å²) in [4.78, 5) is 11.5. The minimum Gasteiger partial charge on any atom is -0.497 e. The zero-order chi connectivity index (χ0) is 14.5. The highest BCUT2D eigenvalue weighted by molar-refractivity contribution is 9.13. The maximum atomic E-state index is 11.5. The van der Waals surface area contributed by atoms with Crippen LogP contribution in [0.2, 0.25) is 0 Å². The fourth-order valence-electron chi connectivity index (χ4n) is 1.46. The summed E-state index contributed by atoms with van der Waals surface area (Å²) < 4.78 is 5.97. The number of ketones is 1. The van der Waals surface area contributed by atoms with Crippen molar-refractivity contribution >= 4 is 49.6 Å². The molecular weight excluding hydrogens is 388 g/mol. The van der Waals surface area contributed by atoms with Gasteiger partial charge in [-0.1, -0.05) is 0 Å². The standard InChI is InChI=1S/C14H10Br2N2O2/c1-20-11-4-2-9(3-5-11)8-17-18-10-6-12(15)14(19)13(16)7-10/h2-8H,1H3/b17-8+. The van der Waals surface area contributed by atoms with E-state index in [1.54, 1.807) is 25.5 Å². The van der Waals surface area contributed by atoms with Crippen molar-refractivity contribution in [3.8, 4) is 5.75 Å². The van der Waals surface area contributed by atoms with Crippen molar-refractivity contribution in [3.63, 3.8) is 0 Å². The summed E-state index contributed by atoms with van der Waals surface area (Å²) in [6.07, 6.45) is 4.88. The number of Topliss-reactive ketones (excluding diaryl/α,β-unsaturated/α-hetero) is 1. The van der Waals surface area contributed by atoms with Crippen molar-refractivity contribution in [2.24, 2.45) is 10.2 Å². The van der Waals surface area contributed by atoms with Crippen molar-refractivity contribution in [1.82, 2.24) is 0 Å². The van der Waals surface area contributed by atoms with Gasteiger partial charge in [0.05, 0.1) is 28.0 Å². The minimum atomic E-state index is -0.108. The lowest BCUT2D eigenvalue weighted by molar-refractivity contribution is -0.110. The lowest BCUT2D eigenvalue weighted by Gasteiger charge is -2.04. The molecule has 1 aromatic carbocycles. The number of methoxy groups -OCH3 is 1. The molecular formula is C14H10Br2N2O2. The van der Waals surface area contributed by atoms with Gasteiger partial charge in [-0.05, 0) is 73.8 Å². The first-order valence-corrected chi connectivity index (χ1v) is 7.23. The first-order valence-electron chi connectivity index (χ1n) is 5.64. The number of carbonyl (C=O) groups is 1. The molecule has 0 fully saturated rings. The monoisotopic (exact) mass is 396 g/mol. The van der Waals surface area contributed by atoms with Gasteiger partial charge in [-0.15, -0.1) is 0 Å².